The van der Waals surface area contributed by atoms with Gasteiger partial charge in [-0.3, -0.25) is 29.3 Å². The molecule has 9 rings (SSSR count). The zero-order valence-corrected chi connectivity index (χ0v) is 36.3. The normalized spacial score (nSPS) is 19.2. The molecule has 4 aromatic carbocycles. The number of nitrogens with zero attached hydrogens (tertiary/aromatic N) is 6. The van der Waals surface area contributed by atoms with Gasteiger partial charge in [-0.2, -0.15) is 10.4 Å². The number of likely N-dealkylation sites (tertiary alicyclic amines) is 1. The van der Waals surface area contributed by atoms with E-state index in [9.17, 15) is 19.6 Å². The van der Waals surface area contributed by atoms with Crippen molar-refractivity contribution >= 4 is 34.3 Å². The number of nitriles is 1. The quantitative estimate of drug-likeness (QED) is 0.116. The molecule has 0 radical (unpaired) electrons. The molecule has 5 aromatic rings. The zero-order valence-electron chi connectivity index (χ0n) is 36.3. The SMILES string of the molecule is CCOc1cc([C@@H](CC#N)N2Cc3cc(N4CCC(C5CCN(Cc6ccc(Oc7ccc8c(C9CCC(=O)NC9=O)nn(C)c8c7)cc6)CC5)CC4)ccc3C2=O)ccc1OC. The Morgan fingerprint density at radius 1 is 0.857 bits per heavy atom. The van der Waals surface area contributed by atoms with E-state index in [4.69, 9.17) is 14.2 Å². The van der Waals surface area contributed by atoms with Crippen LogP contribution in [0.25, 0.3) is 10.9 Å². The summed E-state index contributed by atoms with van der Waals surface area (Å²) in [6.07, 6.45) is 5.74. The van der Waals surface area contributed by atoms with Gasteiger partial charge < -0.3 is 24.0 Å². The Labute approximate surface area is 368 Å². The second kappa shape index (κ2) is 18.1. The Morgan fingerprint density at radius 2 is 1.60 bits per heavy atom. The molecule has 326 valence electrons. The molecule has 13 heteroatoms. The molecular formula is C50H55N7O6. The van der Waals surface area contributed by atoms with Gasteiger partial charge in [0, 0.05) is 62.4 Å². The van der Waals surface area contributed by atoms with Crippen molar-refractivity contribution in [2.75, 3.05) is 44.8 Å². The van der Waals surface area contributed by atoms with Crippen molar-refractivity contribution in [1.29, 1.82) is 5.26 Å². The molecule has 13 nitrogen and oxygen atoms in total. The number of methoxy groups -OCH3 is 1. The number of benzene rings is 4. The molecule has 0 spiro atoms. The van der Waals surface area contributed by atoms with Crippen LogP contribution in [0.2, 0.25) is 0 Å². The molecular weight excluding hydrogens is 795 g/mol. The number of hydrogen-bond donors (Lipinski definition) is 1. The third-order valence-corrected chi connectivity index (χ3v) is 13.6. The van der Waals surface area contributed by atoms with Crippen molar-refractivity contribution in [3.8, 4) is 29.1 Å². The Morgan fingerprint density at radius 3 is 2.32 bits per heavy atom. The predicted octanol–water partition coefficient (Wildman–Crippen LogP) is 8.03. The molecule has 0 bridgehead atoms. The van der Waals surface area contributed by atoms with Gasteiger partial charge in [0.1, 0.15) is 11.5 Å². The summed E-state index contributed by atoms with van der Waals surface area (Å²) >= 11 is 0. The van der Waals surface area contributed by atoms with E-state index in [1.54, 1.807) is 11.8 Å². The fourth-order valence-electron chi connectivity index (χ4n) is 10.3. The number of fused-ring (bicyclic) bond motifs is 2. The zero-order chi connectivity index (χ0) is 43.6. The maximum absolute atomic E-state index is 13.7. The highest BCUT2D eigenvalue weighted by Crippen LogP contribution is 2.40. The lowest BCUT2D eigenvalue weighted by Gasteiger charge is -2.41. The standard InChI is InChI=1S/C50H55N7O6/c1-4-62-46-28-35(7-15-45(46)61-3)43(17-22-51)57-31-36-27-37(8-12-40(36)50(57)60)56-25-20-34(21-26-56)33-18-23-55(24-19-33)30-32-5-9-38(10-6-32)63-39-11-13-41-44(29-39)54(2)53-48(41)42-14-16-47(58)52-49(42)59/h5-13,15,27-29,33-34,42-43H,4,14,16-21,23-26,30-31H2,1-3H3,(H,52,58,59)/t42?,43-/m1/s1. The highest BCUT2D eigenvalue weighted by atomic mass is 16.5. The number of imide groups is 1. The number of anilines is 1. The van der Waals surface area contributed by atoms with Crippen LogP contribution in [0.4, 0.5) is 5.69 Å². The number of aromatic nitrogens is 2. The maximum atomic E-state index is 13.7. The van der Waals surface area contributed by atoms with Crippen LogP contribution in [0.5, 0.6) is 23.0 Å². The maximum Gasteiger partial charge on any atom is 0.255 e. The van der Waals surface area contributed by atoms with Gasteiger partial charge in [0.05, 0.1) is 49.4 Å². The van der Waals surface area contributed by atoms with Gasteiger partial charge in [0.15, 0.2) is 11.5 Å². The predicted molar refractivity (Wildman–Crippen MR) is 239 cm³/mol. The molecule has 3 amide bonds. The van der Waals surface area contributed by atoms with Crippen LogP contribution in [0.1, 0.15) is 96.6 Å². The van der Waals surface area contributed by atoms with Gasteiger partial charge in [-0.15, -0.1) is 0 Å². The molecule has 63 heavy (non-hydrogen) atoms. The molecule has 5 heterocycles. The van der Waals surface area contributed by atoms with Crippen molar-refractivity contribution in [3.05, 3.63) is 107 Å². The first-order valence-corrected chi connectivity index (χ1v) is 22.4. The second-order valence-electron chi connectivity index (χ2n) is 17.4. The summed E-state index contributed by atoms with van der Waals surface area (Å²) in [5.41, 5.74) is 6.59. The Kier molecular flexibility index (Phi) is 12.1. The van der Waals surface area contributed by atoms with Crippen LogP contribution in [0.3, 0.4) is 0 Å². The van der Waals surface area contributed by atoms with E-state index in [-0.39, 0.29) is 24.1 Å². The molecule has 4 aliphatic rings. The minimum Gasteiger partial charge on any atom is -0.493 e. The Hall–Kier alpha value is -6.39. The van der Waals surface area contributed by atoms with Crippen molar-refractivity contribution in [1.82, 2.24) is 24.9 Å². The molecule has 1 N–H and O–H groups in total. The van der Waals surface area contributed by atoms with Crippen LogP contribution >= 0.6 is 0 Å². The number of nitrogens with one attached hydrogen (secondary N) is 1. The smallest absolute Gasteiger partial charge is 0.255 e. The first-order valence-electron chi connectivity index (χ1n) is 22.4. The number of amides is 3. The van der Waals surface area contributed by atoms with E-state index in [1.165, 1.54) is 36.9 Å². The van der Waals surface area contributed by atoms with Crippen molar-refractivity contribution in [2.24, 2.45) is 18.9 Å². The minimum absolute atomic E-state index is 0.0394. The molecule has 0 saturated carbocycles. The van der Waals surface area contributed by atoms with Crippen molar-refractivity contribution in [2.45, 2.75) is 76.9 Å². The van der Waals surface area contributed by atoms with Gasteiger partial charge in [0.25, 0.3) is 5.91 Å². The fourth-order valence-corrected chi connectivity index (χ4v) is 10.3. The average Bonchev–Trinajstić information content (AvgIpc) is 3.81. The van der Waals surface area contributed by atoms with Gasteiger partial charge >= 0.3 is 0 Å². The Bertz CT molecular complexity index is 2550. The Balaban J connectivity index is 0.748. The van der Waals surface area contributed by atoms with Crippen LogP contribution in [0, 0.1) is 23.2 Å². The fraction of sp³-hybridized carbons (Fsp3) is 0.420. The van der Waals surface area contributed by atoms with Gasteiger partial charge in [0.2, 0.25) is 11.8 Å². The molecule has 0 aliphatic carbocycles. The number of carbonyl (C=O) groups is 3. The van der Waals surface area contributed by atoms with Crippen molar-refractivity contribution in [3.63, 3.8) is 0 Å². The van der Waals surface area contributed by atoms with Crippen LogP contribution in [0.15, 0.2) is 78.9 Å². The van der Waals surface area contributed by atoms with Crippen LogP contribution < -0.4 is 24.4 Å². The van der Waals surface area contributed by atoms with E-state index < -0.39 is 12.0 Å². The first kappa shape index (κ1) is 41.9. The lowest BCUT2D eigenvalue weighted by atomic mass is 9.78. The summed E-state index contributed by atoms with van der Waals surface area (Å²) in [4.78, 5) is 44.8. The lowest BCUT2D eigenvalue weighted by Crippen LogP contribution is -2.40. The summed E-state index contributed by atoms with van der Waals surface area (Å²) < 4.78 is 19.3. The summed E-state index contributed by atoms with van der Waals surface area (Å²) in [7, 11) is 3.46. The van der Waals surface area contributed by atoms with Gasteiger partial charge in [-0.1, -0.05) is 18.2 Å². The summed E-state index contributed by atoms with van der Waals surface area (Å²) in [6.45, 7) is 8.01. The number of hydrogen-bond acceptors (Lipinski definition) is 10. The summed E-state index contributed by atoms with van der Waals surface area (Å²) in [5.74, 6) is 3.15. The number of aryl methyl sites for hydroxylation is 1. The van der Waals surface area contributed by atoms with E-state index in [0.717, 1.165) is 77.9 Å². The third-order valence-electron chi connectivity index (χ3n) is 13.6. The lowest BCUT2D eigenvalue weighted by molar-refractivity contribution is -0.134. The van der Waals surface area contributed by atoms with Crippen LogP contribution in [-0.4, -0.2) is 77.2 Å². The number of rotatable bonds is 13. The summed E-state index contributed by atoms with van der Waals surface area (Å²) in [6, 6.07) is 28.0. The molecule has 1 unspecified atom stereocenters. The number of ether oxygens (including phenoxy) is 3. The molecule has 3 fully saturated rings. The average molecular weight is 850 g/mol. The van der Waals surface area contributed by atoms with E-state index >= 15 is 0 Å². The van der Waals surface area contributed by atoms with E-state index in [0.29, 0.717) is 48.9 Å². The topological polar surface area (TPSA) is 142 Å². The van der Waals surface area contributed by atoms with Crippen LogP contribution in [-0.2, 0) is 29.7 Å². The summed E-state index contributed by atoms with van der Waals surface area (Å²) in [5, 5.41) is 17.8. The van der Waals surface area contributed by atoms with E-state index in [1.807, 2.05) is 73.5 Å². The molecule has 3 saturated heterocycles. The largest absolute Gasteiger partial charge is 0.493 e. The van der Waals surface area contributed by atoms with Crippen molar-refractivity contribution < 1.29 is 28.6 Å². The highest BCUT2D eigenvalue weighted by molar-refractivity contribution is 6.02. The number of piperidine rings is 3. The molecule has 2 atom stereocenters. The minimum atomic E-state index is -0.443. The second-order valence-corrected chi connectivity index (χ2v) is 17.4. The highest BCUT2D eigenvalue weighted by Gasteiger charge is 2.36. The first-order chi connectivity index (χ1) is 30.7. The van der Waals surface area contributed by atoms with E-state index in [2.05, 4.69) is 50.5 Å². The molecule has 4 aliphatic heterocycles. The third kappa shape index (κ3) is 8.69. The monoisotopic (exact) mass is 849 g/mol. The number of carbonyl (C=O) groups excluding carboxylic acids is 3. The van der Waals surface area contributed by atoms with Gasteiger partial charge in [-0.25, -0.2) is 0 Å². The molecule has 1 aromatic heterocycles. The van der Waals surface area contributed by atoms with Gasteiger partial charge in [-0.05, 0) is 135 Å².